The molecule has 0 saturated carbocycles. The number of nitrogens with two attached hydrogens (primary N) is 1. The molecular formula is C13H22N2O2. The fourth-order valence-corrected chi connectivity index (χ4v) is 1.61. The number of aryl methyl sites for hydroxylation is 2. The van der Waals surface area contributed by atoms with E-state index in [1.54, 1.807) is 0 Å². The van der Waals surface area contributed by atoms with E-state index in [2.05, 4.69) is 5.32 Å². The van der Waals surface area contributed by atoms with Crippen LogP contribution in [0.5, 0.6) is 0 Å². The largest absolute Gasteiger partial charge is 0.466 e. The summed E-state index contributed by atoms with van der Waals surface area (Å²) in [5, 5.41) is 2.91. The van der Waals surface area contributed by atoms with Crippen molar-refractivity contribution in [3.8, 4) is 0 Å². The van der Waals surface area contributed by atoms with Gasteiger partial charge >= 0.3 is 0 Å². The number of hydrogen-bond donors (Lipinski definition) is 2. The molecule has 0 aliphatic rings. The standard InChI is InChI=1S/C13H22N2O2/c1-8-9(2)17-10(3)11(8)12(16)15-7-13(4,5)6-14/h6-7,14H2,1-5H3,(H,15,16). The quantitative estimate of drug-likeness (QED) is 0.842. The molecule has 0 aliphatic heterocycles. The minimum Gasteiger partial charge on any atom is -0.466 e. The minimum atomic E-state index is -0.0871. The van der Waals surface area contributed by atoms with Gasteiger partial charge in [-0.1, -0.05) is 13.8 Å². The average Bonchev–Trinajstić information content (AvgIpc) is 2.50. The van der Waals surface area contributed by atoms with Crippen LogP contribution in [0.15, 0.2) is 4.42 Å². The maximum absolute atomic E-state index is 12.1. The van der Waals surface area contributed by atoms with Gasteiger partial charge in [0.05, 0.1) is 5.56 Å². The van der Waals surface area contributed by atoms with Crippen LogP contribution in [0.1, 0.15) is 41.3 Å². The fraction of sp³-hybridized carbons (Fsp3) is 0.615. The highest BCUT2D eigenvalue weighted by atomic mass is 16.3. The lowest BCUT2D eigenvalue weighted by molar-refractivity contribution is 0.0936. The van der Waals surface area contributed by atoms with Gasteiger partial charge in [0.15, 0.2) is 0 Å². The zero-order valence-electron chi connectivity index (χ0n) is 11.3. The molecule has 1 amide bonds. The van der Waals surface area contributed by atoms with Gasteiger partial charge in [-0.05, 0) is 32.7 Å². The van der Waals surface area contributed by atoms with E-state index in [4.69, 9.17) is 10.2 Å². The lowest BCUT2D eigenvalue weighted by Gasteiger charge is -2.22. The zero-order valence-corrected chi connectivity index (χ0v) is 11.3. The Bertz CT molecular complexity index is 419. The molecule has 1 aromatic heterocycles. The van der Waals surface area contributed by atoms with Crippen molar-refractivity contribution < 1.29 is 9.21 Å². The van der Waals surface area contributed by atoms with Gasteiger partial charge in [0, 0.05) is 12.1 Å². The highest BCUT2D eigenvalue weighted by Gasteiger charge is 2.21. The normalized spacial score (nSPS) is 11.6. The van der Waals surface area contributed by atoms with E-state index in [9.17, 15) is 4.79 Å². The first-order valence-corrected chi connectivity index (χ1v) is 5.83. The van der Waals surface area contributed by atoms with Crippen molar-refractivity contribution in [2.45, 2.75) is 34.6 Å². The summed E-state index contributed by atoms with van der Waals surface area (Å²) in [6.07, 6.45) is 0. The van der Waals surface area contributed by atoms with Crippen molar-refractivity contribution in [3.05, 3.63) is 22.6 Å². The number of nitrogens with one attached hydrogen (secondary N) is 1. The lowest BCUT2D eigenvalue weighted by atomic mass is 9.94. The molecule has 4 heteroatoms. The molecule has 0 spiro atoms. The average molecular weight is 238 g/mol. The summed E-state index contributed by atoms with van der Waals surface area (Å²) in [6, 6.07) is 0. The molecule has 4 nitrogen and oxygen atoms in total. The van der Waals surface area contributed by atoms with Crippen LogP contribution in [0.4, 0.5) is 0 Å². The van der Waals surface area contributed by atoms with Gasteiger partial charge in [0.2, 0.25) is 0 Å². The number of carbonyl (C=O) groups excluding carboxylic acids is 1. The Balaban J connectivity index is 2.78. The van der Waals surface area contributed by atoms with Gasteiger partial charge in [0.1, 0.15) is 11.5 Å². The highest BCUT2D eigenvalue weighted by molar-refractivity contribution is 5.96. The Kier molecular flexibility index (Phi) is 3.98. The summed E-state index contributed by atoms with van der Waals surface area (Å²) in [7, 11) is 0. The molecule has 17 heavy (non-hydrogen) atoms. The monoisotopic (exact) mass is 238 g/mol. The molecule has 1 heterocycles. The number of hydrogen-bond acceptors (Lipinski definition) is 3. The maximum Gasteiger partial charge on any atom is 0.255 e. The predicted molar refractivity (Wildman–Crippen MR) is 68.1 cm³/mol. The number of rotatable bonds is 4. The fourth-order valence-electron chi connectivity index (χ4n) is 1.61. The first-order chi connectivity index (χ1) is 7.78. The van der Waals surface area contributed by atoms with Crippen LogP contribution in [0, 0.1) is 26.2 Å². The van der Waals surface area contributed by atoms with Crippen LogP contribution in [0.2, 0.25) is 0 Å². The molecule has 0 saturated heterocycles. The number of amides is 1. The third kappa shape index (κ3) is 3.09. The Morgan fingerprint density at radius 1 is 1.29 bits per heavy atom. The zero-order chi connectivity index (χ0) is 13.2. The molecule has 0 aromatic carbocycles. The molecule has 3 N–H and O–H groups in total. The van der Waals surface area contributed by atoms with Gasteiger partial charge in [-0.15, -0.1) is 0 Å². The third-order valence-electron chi connectivity index (χ3n) is 3.07. The van der Waals surface area contributed by atoms with Gasteiger partial charge in [-0.3, -0.25) is 4.79 Å². The van der Waals surface area contributed by atoms with Crippen LogP contribution in [0.25, 0.3) is 0 Å². The number of carbonyl (C=O) groups is 1. The van der Waals surface area contributed by atoms with Crippen molar-refractivity contribution in [1.29, 1.82) is 0 Å². The molecule has 1 rings (SSSR count). The van der Waals surface area contributed by atoms with Crippen molar-refractivity contribution >= 4 is 5.91 Å². The van der Waals surface area contributed by atoms with Crippen molar-refractivity contribution in [2.24, 2.45) is 11.1 Å². The van der Waals surface area contributed by atoms with Gasteiger partial charge in [0.25, 0.3) is 5.91 Å². The SMILES string of the molecule is Cc1oc(C)c(C(=O)NCC(C)(C)CN)c1C. The summed E-state index contributed by atoms with van der Waals surface area (Å²) in [4.78, 5) is 12.1. The van der Waals surface area contributed by atoms with Crippen molar-refractivity contribution in [3.63, 3.8) is 0 Å². The molecule has 0 atom stereocenters. The second-order valence-corrected chi connectivity index (χ2v) is 5.27. The van der Waals surface area contributed by atoms with Crippen LogP contribution in [0.3, 0.4) is 0 Å². The second-order valence-electron chi connectivity index (χ2n) is 5.27. The van der Waals surface area contributed by atoms with Crippen LogP contribution >= 0.6 is 0 Å². The maximum atomic E-state index is 12.1. The Labute approximate surface area is 103 Å². The Hall–Kier alpha value is -1.29. The first kappa shape index (κ1) is 13.8. The van der Waals surface area contributed by atoms with Crippen LogP contribution < -0.4 is 11.1 Å². The summed E-state index contributed by atoms with van der Waals surface area (Å²) >= 11 is 0. The second kappa shape index (κ2) is 4.92. The third-order valence-corrected chi connectivity index (χ3v) is 3.07. The van der Waals surface area contributed by atoms with Crippen LogP contribution in [-0.4, -0.2) is 19.0 Å². The van der Waals surface area contributed by atoms with Crippen LogP contribution in [-0.2, 0) is 0 Å². The predicted octanol–water partition coefficient (Wildman–Crippen LogP) is 1.92. The molecule has 0 unspecified atom stereocenters. The molecule has 0 fully saturated rings. The van der Waals surface area contributed by atoms with E-state index in [0.29, 0.717) is 24.4 Å². The van der Waals surface area contributed by atoms with E-state index >= 15 is 0 Å². The molecule has 0 radical (unpaired) electrons. The van der Waals surface area contributed by atoms with E-state index in [1.165, 1.54) is 0 Å². The van der Waals surface area contributed by atoms with E-state index in [1.807, 2.05) is 34.6 Å². The van der Waals surface area contributed by atoms with Gasteiger partial charge < -0.3 is 15.5 Å². The van der Waals surface area contributed by atoms with Crippen molar-refractivity contribution in [2.75, 3.05) is 13.1 Å². The van der Waals surface area contributed by atoms with E-state index < -0.39 is 0 Å². The molecule has 96 valence electrons. The van der Waals surface area contributed by atoms with Gasteiger partial charge in [-0.25, -0.2) is 0 Å². The molecule has 0 aliphatic carbocycles. The molecular weight excluding hydrogens is 216 g/mol. The van der Waals surface area contributed by atoms with E-state index in [0.717, 1.165) is 11.3 Å². The van der Waals surface area contributed by atoms with Gasteiger partial charge in [-0.2, -0.15) is 0 Å². The van der Waals surface area contributed by atoms with E-state index in [-0.39, 0.29) is 11.3 Å². The highest BCUT2D eigenvalue weighted by Crippen LogP contribution is 2.20. The summed E-state index contributed by atoms with van der Waals surface area (Å²) in [5.74, 6) is 1.38. The summed E-state index contributed by atoms with van der Waals surface area (Å²) in [5.41, 5.74) is 7.09. The number of furan rings is 1. The summed E-state index contributed by atoms with van der Waals surface area (Å²) < 4.78 is 5.44. The first-order valence-electron chi connectivity index (χ1n) is 5.83. The smallest absolute Gasteiger partial charge is 0.255 e. The van der Waals surface area contributed by atoms with Crippen molar-refractivity contribution in [1.82, 2.24) is 5.32 Å². The topological polar surface area (TPSA) is 68.3 Å². The minimum absolute atomic E-state index is 0.0848. The lowest BCUT2D eigenvalue weighted by Crippen LogP contribution is -2.38. The Morgan fingerprint density at radius 3 is 2.29 bits per heavy atom. The Morgan fingerprint density at radius 2 is 1.88 bits per heavy atom. The summed E-state index contributed by atoms with van der Waals surface area (Å²) in [6.45, 7) is 10.7. The molecule has 0 bridgehead atoms. The molecule has 1 aromatic rings.